The number of oxazole rings is 1. The first-order valence-electron chi connectivity index (χ1n) is 8.07. The maximum Gasteiger partial charge on any atom is 0.360 e. The predicted molar refractivity (Wildman–Crippen MR) is 86.9 cm³/mol. The molecule has 0 aliphatic rings. The van der Waals surface area contributed by atoms with Crippen LogP contribution >= 0.6 is 0 Å². The van der Waals surface area contributed by atoms with Gasteiger partial charge in [-0.15, -0.1) is 0 Å². The van der Waals surface area contributed by atoms with E-state index in [2.05, 4.69) is 16.6 Å². The fourth-order valence-electron chi connectivity index (χ4n) is 2.16. The number of hydrogen-bond donors (Lipinski definition) is 0. The number of aromatic nitrogens is 1. The lowest BCUT2D eigenvalue weighted by Crippen LogP contribution is -2.34. The molecule has 130 valence electrons. The molecule has 23 heavy (non-hydrogen) atoms. The Labute approximate surface area is 138 Å². The summed E-state index contributed by atoms with van der Waals surface area (Å²) in [5.41, 5.74) is 0.0488. The molecule has 0 bridgehead atoms. The van der Waals surface area contributed by atoms with Gasteiger partial charge in [-0.3, -0.25) is 4.79 Å². The molecule has 1 heterocycles. The standard InChI is InChI=1S/C17H28N2O4/c1-6-7-8-9-19(15(20)10-17(2,3)4)11-14-18-13(12-23-14)16(21)22-5/h12H,6-11H2,1-5H3. The highest BCUT2D eigenvalue weighted by atomic mass is 16.5. The van der Waals surface area contributed by atoms with Crippen LogP contribution in [0.2, 0.25) is 0 Å². The van der Waals surface area contributed by atoms with Crippen LogP contribution in [0.5, 0.6) is 0 Å². The minimum absolute atomic E-state index is 0.0754. The van der Waals surface area contributed by atoms with E-state index in [0.29, 0.717) is 18.9 Å². The van der Waals surface area contributed by atoms with Crippen LogP contribution in [0, 0.1) is 5.41 Å². The second-order valence-corrected chi connectivity index (χ2v) is 6.88. The van der Waals surface area contributed by atoms with Crippen molar-refractivity contribution in [3.8, 4) is 0 Å². The van der Waals surface area contributed by atoms with E-state index in [1.165, 1.54) is 13.4 Å². The van der Waals surface area contributed by atoms with Gasteiger partial charge in [0, 0.05) is 13.0 Å². The molecule has 1 aromatic rings. The average Bonchev–Trinajstić information content (AvgIpc) is 2.92. The summed E-state index contributed by atoms with van der Waals surface area (Å²) >= 11 is 0. The van der Waals surface area contributed by atoms with E-state index in [9.17, 15) is 9.59 Å². The second-order valence-electron chi connectivity index (χ2n) is 6.88. The molecule has 0 saturated heterocycles. The molecule has 0 aliphatic carbocycles. The number of amides is 1. The molecule has 6 nitrogen and oxygen atoms in total. The first-order valence-corrected chi connectivity index (χ1v) is 8.07. The fourth-order valence-corrected chi connectivity index (χ4v) is 2.16. The smallest absolute Gasteiger partial charge is 0.360 e. The van der Waals surface area contributed by atoms with Crippen LogP contribution in [0.1, 0.15) is 69.8 Å². The normalized spacial score (nSPS) is 11.3. The molecule has 0 fully saturated rings. The van der Waals surface area contributed by atoms with E-state index < -0.39 is 5.97 Å². The summed E-state index contributed by atoms with van der Waals surface area (Å²) in [4.78, 5) is 29.8. The van der Waals surface area contributed by atoms with E-state index in [1.807, 2.05) is 20.8 Å². The van der Waals surface area contributed by atoms with Crippen molar-refractivity contribution in [2.45, 2.75) is 59.9 Å². The zero-order valence-electron chi connectivity index (χ0n) is 14.8. The third-order valence-electron chi connectivity index (χ3n) is 3.34. The number of nitrogens with zero attached hydrogens (tertiary/aromatic N) is 2. The molecular weight excluding hydrogens is 296 g/mol. The van der Waals surface area contributed by atoms with Crippen LogP contribution in [0.15, 0.2) is 10.7 Å². The summed E-state index contributed by atoms with van der Waals surface area (Å²) in [6, 6.07) is 0. The van der Waals surface area contributed by atoms with E-state index in [1.54, 1.807) is 4.90 Å². The molecule has 1 amide bonds. The van der Waals surface area contributed by atoms with Crippen molar-refractivity contribution in [3.05, 3.63) is 17.8 Å². The number of unbranched alkanes of at least 4 members (excludes halogenated alkanes) is 2. The number of esters is 1. The van der Waals surface area contributed by atoms with Crippen molar-refractivity contribution in [1.82, 2.24) is 9.88 Å². The largest absolute Gasteiger partial charge is 0.464 e. The van der Waals surface area contributed by atoms with Crippen molar-refractivity contribution >= 4 is 11.9 Å². The Morgan fingerprint density at radius 1 is 1.30 bits per heavy atom. The average molecular weight is 324 g/mol. The molecule has 0 saturated carbocycles. The minimum atomic E-state index is -0.543. The Balaban J connectivity index is 2.77. The SMILES string of the molecule is CCCCCN(Cc1nc(C(=O)OC)co1)C(=O)CC(C)(C)C. The lowest BCUT2D eigenvalue weighted by molar-refractivity contribution is -0.134. The van der Waals surface area contributed by atoms with Gasteiger partial charge in [-0.2, -0.15) is 0 Å². The van der Waals surface area contributed by atoms with Crippen LogP contribution in [-0.2, 0) is 16.1 Å². The third kappa shape index (κ3) is 6.84. The molecular formula is C17H28N2O4. The first kappa shape index (κ1) is 19.2. The quantitative estimate of drug-likeness (QED) is 0.541. The zero-order valence-corrected chi connectivity index (χ0v) is 14.8. The van der Waals surface area contributed by atoms with Gasteiger partial charge >= 0.3 is 5.97 Å². The molecule has 0 aromatic carbocycles. The zero-order chi connectivity index (χ0) is 17.5. The highest BCUT2D eigenvalue weighted by molar-refractivity contribution is 5.86. The van der Waals surface area contributed by atoms with Crippen LogP contribution in [0.3, 0.4) is 0 Å². The number of hydrogen-bond acceptors (Lipinski definition) is 5. The van der Waals surface area contributed by atoms with Gasteiger partial charge < -0.3 is 14.1 Å². The Kier molecular flexibility index (Phi) is 7.26. The monoisotopic (exact) mass is 324 g/mol. The van der Waals surface area contributed by atoms with Gasteiger partial charge in [0.05, 0.1) is 13.7 Å². The van der Waals surface area contributed by atoms with Gasteiger partial charge in [-0.1, -0.05) is 40.5 Å². The molecule has 0 atom stereocenters. The topological polar surface area (TPSA) is 72.6 Å². The molecule has 0 spiro atoms. The lowest BCUT2D eigenvalue weighted by Gasteiger charge is -2.25. The minimum Gasteiger partial charge on any atom is -0.464 e. The van der Waals surface area contributed by atoms with Gasteiger partial charge in [-0.05, 0) is 11.8 Å². The van der Waals surface area contributed by atoms with E-state index in [-0.39, 0.29) is 23.6 Å². The van der Waals surface area contributed by atoms with Gasteiger partial charge in [0.2, 0.25) is 11.8 Å². The molecule has 0 N–H and O–H groups in total. The van der Waals surface area contributed by atoms with Gasteiger partial charge in [0.25, 0.3) is 0 Å². The summed E-state index contributed by atoms with van der Waals surface area (Å²) in [6.07, 6.45) is 4.82. The van der Waals surface area contributed by atoms with Crippen molar-refractivity contribution < 1.29 is 18.7 Å². The Bertz CT molecular complexity index is 517. The van der Waals surface area contributed by atoms with E-state index >= 15 is 0 Å². The maximum atomic E-state index is 12.5. The number of carbonyl (C=O) groups is 2. The summed E-state index contributed by atoms with van der Waals surface area (Å²) in [5, 5.41) is 0. The summed E-state index contributed by atoms with van der Waals surface area (Å²) in [5.74, 6) is -0.117. The summed E-state index contributed by atoms with van der Waals surface area (Å²) in [6.45, 7) is 9.17. The predicted octanol–water partition coefficient (Wildman–Crippen LogP) is 3.42. The first-order chi connectivity index (χ1) is 10.8. The Hall–Kier alpha value is -1.85. The number of rotatable bonds is 8. The number of methoxy groups -OCH3 is 1. The van der Waals surface area contributed by atoms with Crippen LogP contribution < -0.4 is 0 Å². The highest BCUT2D eigenvalue weighted by Crippen LogP contribution is 2.21. The lowest BCUT2D eigenvalue weighted by atomic mass is 9.91. The van der Waals surface area contributed by atoms with E-state index in [0.717, 1.165) is 19.3 Å². The second kappa shape index (κ2) is 8.70. The van der Waals surface area contributed by atoms with Crippen molar-refractivity contribution in [1.29, 1.82) is 0 Å². The Morgan fingerprint density at radius 2 is 2.00 bits per heavy atom. The van der Waals surface area contributed by atoms with E-state index in [4.69, 9.17) is 4.42 Å². The molecule has 0 unspecified atom stereocenters. The molecule has 1 aromatic heterocycles. The van der Waals surface area contributed by atoms with Crippen molar-refractivity contribution in [2.75, 3.05) is 13.7 Å². The molecule has 1 rings (SSSR count). The fraction of sp³-hybridized carbons (Fsp3) is 0.706. The van der Waals surface area contributed by atoms with Crippen molar-refractivity contribution in [3.63, 3.8) is 0 Å². The maximum absolute atomic E-state index is 12.5. The summed E-state index contributed by atoms with van der Waals surface area (Å²) in [7, 11) is 1.29. The van der Waals surface area contributed by atoms with Crippen LogP contribution in [-0.4, -0.2) is 35.4 Å². The number of ether oxygens (including phenoxy) is 1. The third-order valence-corrected chi connectivity index (χ3v) is 3.34. The Morgan fingerprint density at radius 3 is 2.57 bits per heavy atom. The van der Waals surface area contributed by atoms with Crippen molar-refractivity contribution in [2.24, 2.45) is 5.41 Å². The van der Waals surface area contributed by atoms with Gasteiger partial charge in [-0.25, -0.2) is 9.78 Å². The van der Waals surface area contributed by atoms with Crippen LogP contribution in [0.25, 0.3) is 0 Å². The summed E-state index contributed by atoms with van der Waals surface area (Å²) < 4.78 is 9.90. The van der Waals surface area contributed by atoms with Gasteiger partial charge in [0.1, 0.15) is 6.26 Å². The highest BCUT2D eigenvalue weighted by Gasteiger charge is 2.23. The van der Waals surface area contributed by atoms with Gasteiger partial charge in [0.15, 0.2) is 5.69 Å². The number of carbonyl (C=O) groups excluding carboxylic acids is 2. The molecule has 0 radical (unpaired) electrons. The molecule has 6 heteroatoms. The van der Waals surface area contributed by atoms with Crippen LogP contribution in [0.4, 0.5) is 0 Å². The molecule has 0 aliphatic heterocycles.